The van der Waals surface area contributed by atoms with Crippen LogP contribution in [0.15, 0.2) is 34.9 Å². The summed E-state index contributed by atoms with van der Waals surface area (Å²) < 4.78 is 54.9. The van der Waals surface area contributed by atoms with Crippen molar-refractivity contribution in [3.05, 3.63) is 51.9 Å². The Hall–Kier alpha value is -2.94. The van der Waals surface area contributed by atoms with Gasteiger partial charge in [0.2, 0.25) is 20.0 Å². The predicted octanol–water partition coefficient (Wildman–Crippen LogP) is 4.31. The lowest BCUT2D eigenvalue weighted by Crippen LogP contribution is -2.32. The third-order valence-electron chi connectivity index (χ3n) is 7.15. The molecule has 14 heteroatoms. The van der Waals surface area contributed by atoms with Crippen molar-refractivity contribution in [1.29, 1.82) is 0 Å². The van der Waals surface area contributed by atoms with E-state index in [4.69, 9.17) is 4.98 Å². The molecule has 214 valence electrons. The van der Waals surface area contributed by atoms with Gasteiger partial charge in [0, 0.05) is 53.7 Å². The summed E-state index contributed by atoms with van der Waals surface area (Å²) in [5, 5.41) is 3.50. The van der Waals surface area contributed by atoms with E-state index in [-0.39, 0.29) is 11.8 Å². The lowest BCUT2D eigenvalue weighted by molar-refractivity contribution is 0.476. The molecule has 11 nitrogen and oxygen atoms in total. The Bertz CT molecular complexity index is 1830. The summed E-state index contributed by atoms with van der Waals surface area (Å²) >= 11 is 3.59. The maximum absolute atomic E-state index is 12.3. The van der Waals surface area contributed by atoms with Crippen molar-refractivity contribution in [2.75, 3.05) is 35.1 Å². The summed E-state index contributed by atoms with van der Waals surface area (Å²) in [7, 11) is -6.61. The normalized spacial score (nSPS) is 16.6. The average molecular weight is 651 g/mol. The van der Waals surface area contributed by atoms with E-state index in [1.807, 2.05) is 32.9 Å². The summed E-state index contributed by atoms with van der Waals surface area (Å²) in [4.78, 5) is 12.8. The number of aromatic nitrogens is 4. The molecule has 4 aromatic rings. The molecule has 0 aliphatic carbocycles. The summed E-state index contributed by atoms with van der Waals surface area (Å²) in [6.07, 6.45) is 3.54. The Kier molecular flexibility index (Phi) is 7.48. The van der Waals surface area contributed by atoms with Crippen LogP contribution in [0.2, 0.25) is 0 Å². The Morgan fingerprint density at radius 1 is 1.15 bits per heavy atom. The number of anilines is 2. The molecule has 1 aromatic carbocycles. The molecule has 0 bridgehead atoms. The summed E-state index contributed by atoms with van der Waals surface area (Å²) in [5.41, 5.74) is 7.30. The molecule has 0 unspecified atom stereocenters. The molecule has 1 fully saturated rings. The van der Waals surface area contributed by atoms with Crippen LogP contribution in [0.4, 0.5) is 11.4 Å². The topological polar surface area (TPSA) is 142 Å². The monoisotopic (exact) mass is 649 g/mol. The number of nitrogens with zero attached hydrogens (tertiary/aromatic N) is 4. The van der Waals surface area contributed by atoms with Crippen molar-refractivity contribution >= 4 is 58.5 Å². The largest absolute Gasteiger partial charge is 0.378 e. The second kappa shape index (κ2) is 10.5. The van der Waals surface area contributed by atoms with Crippen LogP contribution in [-0.4, -0.2) is 71.8 Å². The minimum absolute atomic E-state index is 0.0448. The number of pyridine rings is 1. The quantitative estimate of drug-likeness (QED) is 0.258. The van der Waals surface area contributed by atoms with Crippen LogP contribution >= 0.6 is 15.9 Å². The third kappa shape index (κ3) is 5.49. The molecule has 3 aromatic heterocycles. The summed E-state index contributed by atoms with van der Waals surface area (Å²) in [6.45, 7) is 8.53. The molecule has 0 amide bonds. The predicted molar refractivity (Wildman–Crippen MR) is 162 cm³/mol. The molecule has 1 aliphatic heterocycles. The van der Waals surface area contributed by atoms with Gasteiger partial charge in [-0.25, -0.2) is 26.8 Å². The Labute approximate surface area is 242 Å². The lowest BCUT2D eigenvalue weighted by atomic mass is 10.1. The Balaban J connectivity index is 1.48. The first-order chi connectivity index (χ1) is 18.8. The number of rotatable bonds is 8. The zero-order chi connectivity index (χ0) is 29.0. The van der Waals surface area contributed by atoms with Crippen molar-refractivity contribution in [1.82, 2.24) is 23.8 Å². The first kappa shape index (κ1) is 28.6. The van der Waals surface area contributed by atoms with Gasteiger partial charge in [-0.2, -0.15) is 4.31 Å². The lowest BCUT2D eigenvalue weighted by Gasteiger charge is -2.17. The van der Waals surface area contributed by atoms with Gasteiger partial charge in [0.25, 0.3) is 0 Å². The second-order valence-corrected chi connectivity index (χ2v) is 15.0. The maximum Gasteiger partial charge on any atom is 0.229 e. The number of imidazole rings is 1. The van der Waals surface area contributed by atoms with Gasteiger partial charge in [-0.15, -0.1) is 0 Å². The zero-order valence-electron chi connectivity index (χ0n) is 22.9. The Morgan fingerprint density at radius 2 is 1.90 bits per heavy atom. The Morgan fingerprint density at radius 3 is 2.58 bits per heavy atom. The number of benzene rings is 1. The number of H-pyrrole nitrogens is 1. The third-order valence-corrected chi connectivity index (χ3v) is 10.2. The van der Waals surface area contributed by atoms with E-state index >= 15 is 0 Å². The van der Waals surface area contributed by atoms with Crippen LogP contribution in [0.25, 0.3) is 28.2 Å². The zero-order valence-corrected chi connectivity index (χ0v) is 26.1. The van der Waals surface area contributed by atoms with Crippen LogP contribution in [0.1, 0.15) is 30.3 Å². The van der Waals surface area contributed by atoms with E-state index in [2.05, 4.69) is 46.6 Å². The van der Waals surface area contributed by atoms with Gasteiger partial charge in [0.15, 0.2) is 5.65 Å². The number of hydrogen-bond donors (Lipinski definition) is 3. The van der Waals surface area contributed by atoms with E-state index in [0.717, 1.165) is 44.6 Å². The van der Waals surface area contributed by atoms with Crippen molar-refractivity contribution in [3.8, 4) is 17.1 Å². The van der Waals surface area contributed by atoms with Crippen molar-refractivity contribution in [2.45, 2.75) is 40.2 Å². The summed E-state index contributed by atoms with van der Waals surface area (Å²) in [6, 6.07) is 7.47. The fourth-order valence-corrected chi connectivity index (χ4v) is 7.35. The van der Waals surface area contributed by atoms with E-state index in [1.165, 1.54) is 4.31 Å². The molecule has 3 N–H and O–H groups in total. The highest BCUT2D eigenvalue weighted by molar-refractivity contribution is 9.10. The number of aryl methyl sites for hydroxylation is 2. The molecule has 5 rings (SSSR count). The van der Waals surface area contributed by atoms with Gasteiger partial charge in [-0.1, -0.05) is 0 Å². The first-order valence-corrected chi connectivity index (χ1v) is 17.1. The molecule has 1 atom stereocenters. The van der Waals surface area contributed by atoms with Crippen LogP contribution < -0.4 is 10.0 Å². The molecule has 0 radical (unpaired) electrons. The smallest absolute Gasteiger partial charge is 0.229 e. The van der Waals surface area contributed by atoms with Gasteiger partial charge in [-0.05, 0) is 79.9 Å². The minimum Gasteiger partial charge on any atom is -0.378 e. The highest BCUT2D eigenvalue weighted by atomic mass is 79.9. The van der Waals surface area contributed by atoms with E-state index in [0.29, 0.717) is 42.2 Å². The number of halogens is 1. The molecular formula is C26H32BrN7O4S2. The fraction of sp³-hybridized carbons (Fsp3) is 0.385. The molecule has 4 heterocycles. The number of hydrogen-bond acceptors (Lipinski definition) is 7. The van der Waals surface area contributed by atoms with E-state index < -0.39 is 20.0 Å². The number of sulfonamides is 2. The molecule has 0 spiro atoms. The minimum atomic E-state index is -3.37. The van der Waals surface area contributed by atoms with Crippen LogP contribution in [0.3, 0.4) is 0 Å². The molecule has 0 saturated carbocycles. The molecular weight excluding hydrogens is 618 g/mol. The van der Waals surface area contributed by atoms with Crippen LogP contribution in [0.5, 0.6) is 0 Å². The molecule has 1 saturated heterocycles. The van der Waals surface area contributed by atoms with Gasteiger partial charge >= 0.3 is 0 Å². The average Bonchev–Trinajstić information content (AvgIpc) is 3.58. The summed E-state index contributed by atoms with van der Waals surface area (Å²) in [5.74, 6) is 0.753. The maximum atomic E-state index is 12.3. The van der Waals surface area contributed by atoms with E-state index in [9.17, 15) is 16.8 Å². The first-order valence-electron chi connectivity index (χ1n) is 12.8. The van der Waals surface area contributed by atoms with Crippen molar-refractivity contribution in [3.63, 3.8) is 0 Å². The van der Waals surface area contributed by atoms with Crippen molar-refractivity contribution in [2.24, 2.45) is 0 Å². The number of fused-ring (bicyclic) bond motifs is 1. The molecule has 1 aliphatic rings. The highest BCUT2D eigenvalue weighted by Gasteiger charge is 2.31. The van der Waals surface area contributed by atoms with Crippen LogP contribution in [-0.2, 0) is 20.0 Å². The fourth-order valence-electron chi connectivity index (χ4n) is 5.24. The number of aromatic amines is 1. The van der Waals surface area contributed by atoms with Crippen LogP contribution in [0, 0.1) is 20.8 Å². The van der Waals surface area contributed by atoms with Crippen molar-refractivity contribution < 1.29 is 16.8 Å². The van der Waals surface area contributed by atoms with Gasteiger partial charge in [-0.3, -0.25) is 4.72 Å². The standard InChI is InChI=1S/C26H32BrN7O4S2/c1-6-40(37,38)33-10-9-19(14-33)29-23-21(27)13-28-26-24(23)30-25(31-26)20-12-16(3)34(17(20)4)22-8-7-18(11-15(22)2)32-39(5,35)36/h7-8,11-13,19,32H,6,9-10,14H2,1-5H3,(H2,28,29,30,31)/t19-/m0/s1. The number of nitrogens with one attached hydrogen (secondary N) is 3. The molecule has 40 heavy (non-hydrogen) atoms. The van der Waals surface area contributed by atoms with E-state index in [1.54, 1.807) is 19.2 Å². The second-order valence-electron chi connectivity index (χ2n) is 10.1. The van der Waals surface area contributed by atoms with Gasteiger partial charge < -0.3 is 14.9 Å². The van der Waals surface area contributed by atoms with Gasteiger partial charge in [0.05, 0.1) is 22.2 Å². The highest BCUT2D eigenvalue weighted by Crippen LogP contribution is 2.35. The van der Waals surface area contributed by atoms with Gasteiger partial charge in [0.1, 0.15) is 11.3 Å². The SMILES string of the molecule is CCS(=O)(=O)N1CC[C@H](Nc2c(Br)cnc3[nH]c(-c4cc(C)n(-c5ccc(NS(C)(=O)=O)cc5C)c4C)nc23)C1.